The Kier molecular flexibility index (Phi) is 4.95. The number of carbonyl (C=O) groups is 4. The van der Waals surface area contributed by atoms with Crippen molar-refractivity contribution in [3.8, 4) is 0 Å². The first-order chi connectivity index (χ1) is 16.9. The number of carbonyl (C=O) groups excluding carboxylic acids is 4. The summed E-state index contributed by atoms with van der Waals surface area (Å²) in [4.78, 5) is 55.9. The minimum absolute atomic E-state index is 0.268. The number of nitrogens with zero attached hydrogens (tertiary/aromatic N) is 1. The SMILES string of the molecule is COC(=O)C1C(C(=O)OC)[C@H]2O[C@H]1C1C2CN(Cc2ccccc2)C12C(=O)c1ccccc1C2=O. The van der Waals surface area contributed by atoms with Gasteiger partial charge < -0.3 is 14.2 Å². The highest BCUT2D eigenvalue weighted by Crippen LogP contribution is 2.61. The first-order valence-electron chi connectivity index (χ1n) is 11.7. The number of esters is 2. The predicted octanol–water partition coefficient (Wildman–Crippen LogP) is 1.91. The summed E-state index contributed by atoms with van der Waals surface area (Å²) in [6.45, 7) is 0.762. The number of rotatable bonds is 4. The van der Waals surface area contributed by atoms with E-state index in [1.54, 1.807) is 24.3 Å². The molecule has 6 atom stereocenters. The molecule has 3 saturated heterocycles. The maximum atomic E-state index is 14.1. The van der Waals surface area contributed by atoms with Crippen LogP contribution in [-0.2, 0) is 30.3 Å². The van der Waals surface area contributed by atoms with Crippen LogP contribution < -0.4 is 0 Å². The van der Waals surface area contributed by atoms with Crippen molar-refractivity contribution in [1.82, 2.24) is 4.90 Å². The fraction of sp³-hybridized carbons (Fsp3) is 0.407. The van der Waals surface area contributed by atoms with Gasteiger partial charge in [-0.05, 0) is 5.56 Å². The van der Waals surface area contributed by atoms with Gasteiger partial charge in [-0.25, -0.2) is 0 Å². The molecule has 3 aliphatic heterocycles. The molecule has 4 unspecified atom stereocenters. The molecule has 3 fully saturated rings. The van der Waals surface area contributed by atoms with E-state index in [0.29, 0.717) is 24.2 Å². The van der Waals surface area contributed by atoms with Gasteiger partial charge in [0.25, 0.3) is 0 Å². The zero-order chi connectivity index (χ0) is 24.5. The van der Waals surface area contributed by atoms with Gasteiger partial charge in [-0.2, -0.15) is 0 Å². The smallest absolute Gasteiger partial charge is 0.312 e. The Morgan fingerprint density at radius 1 is 0.886 bits per heavy atom. The van der Waals surface area contributed by atoms with E-state index in [4.69, 9.17) is 14.2 Å². The average Bonchev–Trinajstić information content (AvgIpc) is 3.60. The molecule has 8 heteroatoms. The van der Waals surface area contributed by atoms with Gasteiger partial charge in [-0.15, -0.1) is 0 Å². The lowest BCUT2D eigenvalue weighted by atomic mass is 9.63. The van der Waals surface area contributed by atoms with E-state index in [1.807, 2.05) is 35.2 Å². The topological polar surface area (TPSA) is 99.2 Å². The van der Waals surface area contributed by atoms with Crippen LogP contribution in [-0.4, -0.2) is 66.9 Å². The lowest BCUT2D eigenvalue weighted by Crippen LogP contribution is -2.60. The summed E-state index contributed by atoms with van der Waals surface area (Å²) < 4.78 is 16.3. The lowest BCUT2D eigenvalue weighted by Gasteiger charge is -2.39. The van der Waals surface area contributed by atoms with Gasteiger partial charge in [-0.1, -0.05) is 54.6 Å². The summed E-state index contributed by atoms with van der Waals surface area (Å²) in [5, 5.41) is 0. The number of Topliss-reactive ketones (excluding diaryl/α,β-unsaturated/α-hetero) is 2. The molecule has 0 aromatic heterocycles. The number of likely N-dealkylation sites (tertiary alicyclic amines) is 1. The normalized spacial score (nSPS) is 32.1. The first kappa shape index (κ1) is 22.1. The van der Waals surface area contributed by atoms with E-state index in [9.17, 15) is 19.2 Å². The summed E-state index contributed by atoms with van der Waals surface area (Å²) in [6.07, 6.45) is -1.46. The van der Waals surface area contributed by atoms with E-state index in [1.165, 1.54) is 14.2 Å². The highest BCUT2D eigenvalue weighted by Gasteiger charge is 2.77. The second-order valence-electron chi connectivity index (χ2n) is 9.69. The van der Waals surface area contributed by atoms with Crippen LogP contribution >= 0.6 is 0 Å². The van der Waals surface area contributed by atoms with Gasteiger partial charge in [0.2, 0.25) is 0 Å². The van der Waals surface area contributed by atoms with Crippen LogP contribution in [0.3, 0.4) is 0 Å². The third kappa shape index (κ3) is 2.75. The van der Waals surface area contributed by atoms with Crippen molar-refractivity contribution >= 4 is 23.5 Å². The van der Waals surface area contributed by atoms with E-state index >= 15 is 0 Å². The largest absolute Gasteiger partial charge is 0.469 e. The fourth-order valence-corrected chi connectivity index (χ4v) is 7.07. The van der Waals surface area contributed by atoms with E-state index in [2.05, 4.69) is 0 Å². The molecule has 0 radical (unpaired) electrons. The number of ether oxygens (including phenoxy) is 3. The van der Waals surface area contributed by atoms with E-state index in [0.717, 1.165) is 5.56 Å². The molecule has 4 aliphatic rings. The van der Waals surface area contributed by atoms with Gasteiger partial charge in [0, 0.05) is 36.1 Å². The third-order valence-electron chi connectivity index (χ3n) is 8.33. The number of fused-ring (bicyclic) bond motifs is 7. The monoisotopic (exact) mass is 475 g/mol. The Morgan fingerprint density at radius 3 is 2.00 bits per heavy atom. The molecule has 1 spiro atoms. The minimum atomic E-state index is -1.50. The Morgan fingerprint density at radius 2 is 1.43 bits per heavy atom. The highest BCUT2D eigenvalue weighted by molar-refractivity contribution is 6.33. The molecular weight excluding hydrogens is 450 g/mol. The molecule has 0 saturated carbocycles. The van der Waals surface area contributed by atoms with Gasteiger partial charge in [0.15, 0.2) is 17.1 Å². The van der Waals surface area contributed by atoms with E-state index < -0.39 is 47.4 Å². The van der Waals surface area contributed by atoms with Crippen LogP contribution in [0.4, 0.5) is 0 Å². The van der Waals surface area contributed by atoms with E-state index in [-0.39, 0.29) is 17.5 Å². The maximum absolute atomic E-state index is 14.1. The third-order valence-corrected chi connectivity index (χ3v) is 8.33. The molecule has 3 heterocycles. The lowest BCUT2D eigenvalue weighted by molar-refractivity contribution is -0.159. The van der Waals surface area contributed by atoms with Crippen molar-refractivity contribution in [1.29, 1.82) is 0 Å². The summed E-state index contributed by atoms with van der Waals surface area (Å²) in [7, 11) is 2.53. The zero-order valence-corrected chi connectivity index (χ0v) is 19.4. The maximum Gasteiger partial charge on any atom is 0.312 e. The number of ketones is 2. The molecular formula is C27H25NO7. The molecule has 180 valence electrons. The number of methoxy groups -OCH3 is 2. The quantitative estimate of drug-likeness (QED) is 0.489. The minimum Gasteiger partial charge on any atom is -0.469 e. The second-order valence-corrected chi connectivity index (χ2v) is 9.69. The second kappa shape index (κ2) is 7.83. The predicted molar refractivity (Wildman–Crippen MR) is 121 cm³/mol. The Bertz CT molecular complexity index is 1210. The van der Waals surface area contributed by atoms with Gasteiger partial charge in [0.05, 0.1) is 38.3 Å². The van der Waals surface area contributed by atoms with Crippen LogP contribution in [0.25, 0.3) is 0 Å². The Labute approximate surface area is 202 Å². The molecule has 2 bridgehead atoms. The van der Waals surface area contributed by atoms with Crippen LogP contribution in [0.15, 0.2) is 54.6 Å². The van der Waals surface area contributed by atoms with Gasteiger partial charge in [0.1, 0.15) is 0 Å². The van der Waals surface area contributed by atoms with Crippen LogP contribution in [0.5, 0.6) is 0 Å². The Balaban J connectivity index is 1.50. The molecule has 0 amide bonds. The molecule has 35 heavy (non-hydrogen) atoms. The molecule has 1 aliphatic carbocycles. The van der Waals surface area contributed by atoms with Crippen LogP contribution in [0, 0.1) is 23.7 Å². The molecule has 0 N–H and O–H groups in total. The summed E-state index contributed by atoms with van der Waals surface area (Å²) in [6, 6.07) is 16.5. The van der Waals surface area contributed by atoms with Crippen LogP contribution in [0.1, 0.15) is 26.3 Å². The fourth-order valence-electron chi connectivity index (χ4n) is 7.07. The molecule has 2 aromatic rings. The summed E-state index contributed by atoms with van der Waals surface area (Å²) in [5.41, 5.74) is 0.235. The van der Waals surface area contributed by atoms with Crippen molar-refractivity contribution in [3.05, 3.63) is 71.3 Å². The average molecular weight is 475 g/mol. The highest BCUT2D eigenvalue weighted by atomic mass is 16.6. The Hall–Kier alpha value is -3.36. The van der Waals surface area contributed by atoms with Gasteiger partial charge in [-0.3, -0.25) is 24.1 Å². The van der Waals surface area contributed by atoms with Crippen molar-refractivity contribution in [2.24, 2.45) is 23.7 Å². The van der Waals surface area contributed by atoms with Crippen molar-refractivity contribution in [2.45, 2.75) is 24.3 Å². The first-order valence-corrected chi connectivity index (χ1v) is 11.7. The number of hydrogen-bond acceptors (Lipinski definition) is 8. The zero-order valence-electron chi connectivity index (χ0n) is 19.4. The molecule has 6 rings (SSSR count). The van der Waals surface area contributed by atoms with Crippen molar-refractivity contribution < 1.29 is 33.4 Å². The van der Waals surface area contributed by atoms with Crippen molar-refractivity contribution in [3.63, 3.8) is 0 Å². The number of hydrogen-bond donors (Lipinski definition) is 0. The molecule has 8 nitrogen and oxygen atoms in total. The van der Waals surface area contributed by atoms with Crippen molar-refractivity contribution in [2.75, 3.05) is 20.8 Å². The van der Waals surface area contributed by atoms with Crippen LogP contribution in [0.2, 0.25) is 0 Å². The summed E-state index contributed by atoms with van der Waals surface area (Å²) in [5.74, 6) is -4.36. The molecule has 2 aromatic carbocycles. The number of benzene rings is 2. The summed E-state index contributed by atoms with van der Waals surface area (Å²) >= 11 is 0. The van der Waals surface area contributed by atoms with Gasteiger partial charge >= 0.3 is 11.9 Å². The standard InChI is InChI=1S/C27H25NO7/c1-33-25(31)18-19(26(32)34-2)22-20-17(21(18)35-22)13-28(12-14-8-4-3-5-9-14)27(20)23(29)15-10-6-7-11-16(15)24(27)30/h3-11,17-22H,12-13H2,1-2H3/t17?,18?,19?,20?,21-,22+/m0/s1.